The van der Waals surface area contributed by atoms with Gasteiger partial charge in [0.15, 0.2) is 0 Å². The molecule has 0 saturated heterocycles. The van der Waals surface area contributed by atoms with Crippen LogP contribution < -0.4 is 5.32 Å². The Morgan fingerprint density at radius 2 is 2.18 bits per heavy atom. The molecule has 0 radical (unpaired) electrons. The van der Waals surface area contributed by atoms with Crippen molar-refractivity contribution in [2.45, 2.75) is 0 Å². The summed E-state index contributed by atoms with van der Waals surface area (Å²) in [6, 6.07) is 3.26. The lowest BCUT2D eigenvalue weighted by Gasteiger charge is -2.20. The Morgan fingerprint density at radius 1 is 1.45 bits per heavy atom. The molecule has 1 aromatic rings. The van der Waals surface area contributed by atoms with E-state index in [1.54, 1.807) is 12.1 Å². The zero-order valence-corrected chi connectivity index (χ0v) is 7.55. The van der Waals surface area contributed by atoms with Crippen LogP contribution in [0.4, 0.5) is 5.69 Å². The molecule has 0 aliphatic carbocycles. The molecular weight excluding hydrogens is 257 g/mol. The number of phenolic OH excluding ortho intramolecular Hbond substituents is 1. The zero-order chi connectivity index (χ0) is 8.01. The highest BCUT2D eigenvalue weighted by molar-refractivity contribution is 14.1. The van der Waals surface area contributed by atoms with Crippen LogP contribution in [0.2, 0.25) is 0 Å². The third-order valence-electron chi connectivity index (χ3n) is 1.60. The van der Waals surface area contributed by atoms with Gasteiger partial charge in [-0.2, -0.15) is 0 Å². The van der Waals surface area contributed by atoms with Crippen LogP contribution in [0, 0.1) is 3.57 Å². The molecule has 1 amide bonds. The molecule has 0 unspecified atom stereocenters. The van der Waals surface area contributed by atoms with Crippen molar-refractivity contribution >= 4 is 34.2 Å². The van der Waals surface area contributed by atoms with E-state index in [0.29, 0.717) is 9.13 Å². The molecule has 2 rings (SSSR count). The smallest absolute Gasteiger partial charge is 0.259 e. The number of aromatic hydroxyl groups is 1. The van der Waals surface area contributed by atoms with Gasteiger partial charge >= 0.3 is 0 Å². The normalized spacial score (nSPS) is 13.4. The predicted octanol–water partition coefficient (Wildman–Crippen LogP) is 1.56. The van der Waals surface area contributed by atoms with Gasteiger partial charge in [-0.1, -0.05) is 0 Å². The number of rotatable bonds is 0. The molecule has 1 aliphatic heterocycles. The summed E-state index contributed by atoms with van der Waals surface area (Å²) in [6.07, 6.45) is 0. The molecule has 2 N–H and O–H groups in total. The molecule has 0 saturated carbocycles. The first-order valence-corrected chi connectivity index (χ1v) is 4.11. The second-order valence-corrected chi connectivity index (χ2v) is 3.35. The van der Waals surface area contributed by atoms with E-state index in [1.807, 2.05) is 22.6 Å². The highest BCUT2D eigenvalue weighted by Crippen LogP contribution is 2.34. The fourth-order valence-electron chi connectivity index (χ4n) is 1.01. The van der Waals surface area contributed by atoms with Crippen molar-refractivity contribution in [1.29, 1.82) is 0 Å². The quantitative estimate of drug-likeness (QED) is 0.550. The van der Waals surface area contributed by atoms with Gasteiger partial charge < -0.3 is 10.4 Å². The predicted molar refractivity (Wildman–Crippen MR) is 48.8 cm³/mol. The number of hydrogen-bond donors (Lipinski definition) is 2. The molecule has 0 spiro atoms. The molecule has 1 aliphatic rings. The molecule has 1 heterocycles. The van der Waals surface area contributed by atoms with Gasteiger partial charge in [0, 0.05) is 0 Å². The summed E-state index contributed by atoms with van der Waals surface area (Å²) in [5, 5.41) is 11.8. The number of nitrogens with one attached hydrogen (secondary N) is 1. The Balaban J connectivity index is 2.70. The van der Waals surface area contributed by atoms with Crippen LogP contribution in [0.15, 0.2) is 12.1 Å². The maximum atomic E-state index is 10.9. The van der Waals surface area contributed by atoms with Gasteiger partial charge in [-0.05, 0) is 34.7 Å². The number of benzene rings is 1. The Bertz CT molecular complexity index is 349. The number of phenols is 1. The van der Waals surface area contributed by atoms with E-state index < -0.39 is 0 Å². The van der Waals surface area contributed by atoms with Crippen LogP contribution in [-0.2, 0) is 0 Å². The minimum Gasteiger partial charge on any atom is -0.507 e. The molecule has 0 atom stereocenters. The first kappa shape index (κ1) is 6.90. The first-order valence-electron chi connectivity index (χ1n) is 3.03. The van der Waals surface area contributed by atoms with Crippen LogP contribution in [0.25, 0.3) is 0 Å². The fraction of sp³-hybridized carbons (Fsp3) is 0. The van der Waals surface area contributed by atoms with E-state index in [4.69, 9.17) is 0 Å². The van der Waals surface area contributed by atoms with E-state index in [-0.39, 0.29) is 11.7 Å². The summed E-state index contributed by atoms with van der Waals surface area (Å²) in [7, 11) is 0. The van der Waals surface area contributed by atoms with Crippen LogP contribution in [0.3, 0.4) is 0 Å². The van der Waals surface area contributed by atoms with Crippen molar-refractivity contribution in [3.05, 3.63) is 21.3 Å². The van der Waals surface area contributed by atoms with Crippen LogP contribution in [-0.4, -0.2) is 11.0 Å². The monoisotopic (exact) mass is 261 g/mol. The third-order valence-corrected chi connectivity index (χ3v) is 2.69. The molecule has 1 aromatic carbocycles. The lowest BCUT2D eigenvalue weighted by molar-refractivity contribution is 0.101. The minimum absolute atomic E-state index is 0.111. The molecule has 0 bridgehead atoms. The average molecular weight is 261 g/mol. The van der Waals surface area contributed by atoms with Gasteiger partial charge in [0.25, 0.3) is 5.91 Å². The van der Waals surface area contributed by atoms with E-state index in [1.165, 1.54) is 0 Å². The lowest BCUT2D eigenvalue weighted by Crippen LogP contribution is -2.25. The number of hydrogen-bond acceptors (Lipinski definition) is 2. The Kier molecular flexibility index (Phi) is 1.32. The molecular formula is C7H4INO2. The van der Waals surface area contributed by atoms with Gasteiger partial charge in [0.05, 0.1) is 14.8 Å². The molecule has 56 valence electrons. The maximum Gasteiger partial charge on any atom is 0.259 e. The zero-order valence-electron chi connectivity index (χ0n) is 5.39. The van der Waals surface area contributed by atoms with E-state index in [0.717, 1.165) is 5.69 Å². The van der Waals surface area contributed by atoms with Crippen LogP contribution in [0.1, 0.15) is 10.4 Å². The second-order valence-electron chi connectivity index (χ2n) is 2.28. The second kappa shape index (κ2) is 2.10. The number of carbonyl (C=O) groups is 1. The van der Waals surface area contributed by atoms with Crippen LogP contribution >= 0.6 is 22.6 Å². The van der Waals surface area contributed by atoms with Gasteiger partial charge in [-0.3, -0.25) is 4.79 Å². The summed E-state index contributed by atoms with van der Waals surface area (Å²) in [6.45, 7) is 0. The number of anilines is 1. The molecule has 11 heavy (non-hydrogen) atoms. The van der Waals surface area contributed by atoms with E-state index in [2.05, 4.69) is 5.32 Å². The highest BCUT2D eigenvalue weighted by atomic mass is 127. The van der Waals surface area contributed by atoms with Gasteiger partial charge in [0.2, 0.25) is 0 Å². The largest absolute Gasteiger partial charge is 0.507 e. The van der Waals surface area contributed by atoms with Crippen molar-refractivity contribution in [3.8, 4) is 5.75 Å². The standard InChI is InChI=1S/C7H4INO2/c8-6-4(10)2-1-3-5(6)7(11)9-3/h1-2,10H,(H,9,11). The van der Waals surface area contributed by atoms with Gasteiger partial charge in [-0.15, -0.1) is 0 Å². The number of fused-ring (bicyclic) bond motifs is 1. The molecule has 0 aromatic heterocycles. The van der Waals surface area contributed by atoms with Crippen molar-refractivity contribution in [3.63, 3.8) is 0 Å². The topological polar surface area (TPSA) is 49.3 Å². The summed E-state index contributed by atoms with van der Waals surface area (Å²) in [5.74, 6) is 0.0551. The first-order chi connectivity index (χ1) is 5.20. The summed E-state index contributed by atoms with van der Waals surface area (Å²) in [5.41, 5.74) is 1.41. The summed E-state index contributed by atoms with van der Waals surface area (Å²) in [4.78, 5) is 10.9. The summed E-state index contributed by atoms with van der Waals surface area (Å²) >= 11 is 1.95. The Hall–Kier alpha value is -0.780. The van der Waals surface area contributed by atoms with Gasteiger partial charge in [0.1, 0.15) is 5.75 Å². The third kappa shape index (κ3) is 0.819. The SMILES string of the molecule is O=C1Nc2ccc(O)c(I)c21. The average Bonchev–Trinajstić information content (AvgIpc) is 1.94. The summed E-state index contributed by atoms with van der Waals surface area (Å²) < 4.78 is 0.629. The number of carbonyl (C=O) groups excluding carboxylic acids is 1. The molecule has 4 heteroatoms. The van der Waals surface area contributed by atoms with Crippen molar-refractivity contribution in [2.24, 2.45) is 0 Å². The molecule has 0 fully saturated rings. The van der Waals surface area contributed by atoms with Crippen molar-refractivity contribution < 1.29 is 9.90 Å². The van der Waals surface area contributed by atoms with Crippen molar-refractivity contribution in [1.82, 2.24) is 0 Å². The Labute approximate surface area is 76.6 Å². The van der Waals surface area contributed by atoms with Gasteiger partial charge in [-0.25, -0.2) is 0 Å². The van der Waals surface area contributed by atoms with E-state index >= 15 is 0 Å². The fourth-order valence-corrected chi connectivity index (χ4v) is 1.73. The molecule has 3 nitrogen and oxygen atoms in total. The minimum atomic E-state index is -0.111. The maximum absolute atomic E-state index is 10.9. The highest BCUT2D eigenvalue weighted by Gasteiger charge is 2.26. The van der Waals surface area contributed by atoms with E-state index in [9.17, 15) is 9.90 Å². The van der Waals surface area contributed by atoms with Crippen molar-refractivity contribution in [2.75, 3.05) is 5.32 Å². The Morgan fingerprint density at radius 3 is 2.73 bits per heavy atom. The lowest BCUT2D eigenvalue weighted by atomic mass is 10.1. The number of amides is 1. The number of halogens is 1. The van der Waals surface area contributed by atoms with Crippen LogP contribution in [0.5, 0.6) is 5.75 Å².